The Hall–Kier alpha value is -1.04. The van der Waals surface area contributed by atoms with Crippen molar-refractivity contribution in [1.29, 1.82) is 0 Å². The number of morpholine rings is 1. The lowest BCUT2D eigenvalue weighted by Crippen LogP contribution is -2.42. The van der Waals surface area contributed by atoms with E-state index in [1.54, 1.807) is 0 Å². The third-order valence-electron chi connectivity index (χ3n) is 2.83. The van der Waals surface area contributed by atoms with Crippen LogP contribution in [-0.2, 0) is 4.74 Å². The summed E-state index contributed by atoms with van der Waals surface area (Å²) in [6.45, 7) is 1.88. The molecule has 1 fully saturated rings. The summed E-state index contributed by atoms with van der Waals surface area (Å²) in [4.78, 5) is 0. The number of ether oxygens (including phenoxy) is 1. The van der Waals surface area contributed by atoms with E-state index >= 15 is 0 Å². The summed E-state index contributed by atoms with van der Waals surface area (Å²) in [6, 6.07) is 3.21. The molecule has 17 heavy (non-hydrogen) atoms. The highest BCUT2D eigenvalue weighted by molar-refractivity contribution is 5.21. The quantitative estimate of drug-likeness (QED) is 0.842. The number of hydrogen-bond acceptors (Lipinski definition) is 3. The van der Waals surface area contributed by atoms with Crippen LogP contribution in [0.2, 0.25) is 0 Å². The number of halogens is 2. The summed E-state index contributed by atoms with van der Waals surface area (Å²) in [5.74, 6) is -1.35. The van der Waals surface area contributed by atoms with Crippen molar-refractivity contribution in [2.24, 2.45) is 0 Å². The van der Waals surface area contributed by atoms with Gasteiger partial charge < -0.3 is 15.2 Å². The molecule has 1 heterocycles. The third kappa shape index (κ3) is 3.21. The van der Waals surface area contributed by atoms with Gasteiger partial charge in [-0.2, -0.15) is 0 Å². The van der Waals surface area contributed by atoms with Crippen LogP contribution in [0.4, 0.5) is 8.78 Å². The summed E-state index contributed by atoms with van der Waals surface area (Å²) in [5, 5.41) is 13.1. The van der Waals surface area contributed by atoms with Gasteiger partial charge in [0.05, 0.1) is 19.3 Å². The van der Waals surface area contributed by atoms with E-state index in [2.05, 4.69) is 5.32 Å². The minimum Gasteiger partial charge on any atom is -0.388 e. The minimum atomic E-state index is -0.949. The van der Waals surface area contributed by atoms with E-state index in [0.717, 1.165) is 18.7 Å². The van der Waals surface area contributed by atoms with Crippen molar-refractivity contribution in [3.8, 4) is 0 Å². The average molecular weight is 243 g/mol. The summed E-state index contributed by atoms with van der Waals surface area (Å²) < 4.78 is 31.4. The predicted octanol–water partition coefficient (Wildman–Crippen LogP) is 1.38. The van der Waals surface area contributed by atoms with E-state index in [1.165, 1.54) is 6.07 Å². The Labute approximate surface area is 98.4 Å². The molecule has 1 aromatic carbocycles. The number of aliphatic hydroxyl groups is 1. The normalized spacial score (nSPS) is 22.4. The second kappa shape index (κ2) is 5.53. The Balaban J connectivity index is 2.00. The molecule has 2 atom stereocenters. The number of hydrogen-bond donors (Lipinski definition) is 2. The topological polar surface area (TPSA) is 41.5 Å². The second-order valence-electron chi connectivity index (χ2n) is 4.14. The minimum absolute atomic E-state index is 0.00297. The Morgan fingerprint density at radius 3 is 2.94 bits per heavy atom. The smallest absolute Gasteiger partial charge is 0.131 e. The molecule has 1 aromatic rings. The molecular formula is C12H15F2NO2. The molecule has 0 radical (unpaired) electrons. The van der Waals surface area contributed by atoms with Crippen LogP contribution < -0.4 is 5.32 Å². The van der Waals surface area contributed by atoms with Crippen LogP contribution in [0.1, 0.15) is 18.1 Å². The fourth-order valence-corrected chi connectivity index (χ4v) is 1.94. The van der Waals surface area contributed by atoms with Gasteiger partial charge in [0.2, 0.25) is 0 Å². The van der Waals surface area contributed by atoms with Gasteiger partial charge in [-0.1, -0.05) is 6.07 Å². The van der Waals surface area contributed by atoms with Crippen molar-refractivity contribution >= 4 is 0 Å². The molecule has 1 saturated heterocycles. The van der Waals surface area contributed by atoms with Crippen molar-refractivity contribution in [1.82, 2.24) is 5.32 Å². The monoisotopic (exact) mass is 243 g/mol. The van der Waals surface area contributed by atoms with Gasteiger partial charge in [-0.05, 0) is 12.5 Å². The average Bonchev–Trinajstić information content (AvgIpc) is 2.30. The van der Waals surface area contributed by atoms with Crippen LogP contribution in [0.15, 0.2) is 18.2 Å². The first kappa shape index (κ1) is 12.4. The molecule has 2 unspecified atom stereocenters. The van der Waals surface area contributed by atoms with Gasteiger partial charge in [-0.15, -0.1) is 0 Å². The maximum Gasteiger partial charge on any atom is 0.131 e. The van der Waals surface area contributed by atoms with E-state index < -0.39 is 17.7 Å². The van der Waals surface area contributed by atoms with Crippen molar-refractivity contribution in [2.45, 2.75) is 18.6 Å². The lowest BCUT2D eigenvalue weighted by Gasteiger charge is -2.26. The van der Waals surface area contributed by atoms with Gasteiger partial charge in [0.15, 0.2) is 0 Å². The van der Waals surface area contributed by atoms with Crippen LogP contribution >= 0.6 is 0 Å². The summed E-state index contributed by atoms with van der Waals surface area (Å²) in [5.41, 5.74) is 0.124. The van der Waals surface area contributed by atoms with Crippen molar-refractivity contribution in [3.63, 3.8) is 0 Å². The summed E-state index contributed by atoms with van der Waals surface area (Å²) >= 11 is 0. The number of rotatable bonds is 3. The molecule has 0 aromatic heterocycles. The second-order valence-corrected chi connectivity index (χ2v) is 4.14. The molecule has 2 rings (SSSR count). The predicted molar refractivity (Wildman–Crippen MR) is 58.5 cm³/mol. The highest BCUT2D eigenvalue weighted by Crippen LogP contribution is 2.22. The molecule has 5 heteroatoms. The van der Waals surface area contributed by atoms with Gasteiger partial charge in [0, 0.05) is 24.2 Å². The molecule has 1 aliphatic heterocycles. The molecule has 0 spiro atoms. The van der Waals surface area contributed by atoms with E-state index in [0.29, 0.717) is 19.6 Å². The lowest BCUT2D eigenvalue weighted by atomic mass is 10.0. The van der Waals surface area contributed by atoms with Crippen molar-refractivity contribution in [2.75, 3.05) is 19.8 Å². The van der Waals surface area contributed by atoms with Crippen molar-refractivity contribution < 1.29 is 18.6 Å². The molecule has 3 nitrogen and oxygen atoms in total. The largest absolute Gasteiger partial charge is 0.388 e. The number of aliphatic hydroxyl groups excluding tert-OH is 1. The Morgan fingerprint density at radius 1 is 1.47 bits per heavy atom. The van der Waals surface area contributed by atoms with Crippen LogP contribution in [0.25, 0.3) is 0 Å². The molecule has 94 valence electrons. The third-order valence-corrected chi connectivity index (χ3v) is 2.83. The lowest BCUT2D eigenvalue weighted by molar-refractivity contribution is 0.0511. The zero-order chi connectivity index (χ0) is 12.3. The van der Waals surface area contributed by atoms with Crippen molar-refractivity contribution in [3.05, 3.63) is 35.4 Å². The zero-order valence-corrected chi connectivity index (χ0v) is 9.33. The highest BCUT2D eigenvalue weighted by atomic mass is 19.1. The zero-order valence-electron chi connectivity index (χ0n) is 9.33. The molecule has 2 N–H and O–H groups in total. The fourth-order valence-electron chi connectivity index (χ4n) is 1.94. The number of benzene rings is 1. The molecule has 0 amide bonds. The first-order valence-electron chi connectivity index (χ1n) is 5.61. The SMILES string of the molecule is OC(CC1COCCN1)c1ccc(F)cc1F. The van der Waals surface area contributed by atoms with Crippen LogP contribution in [0.3, 0.4) is 0 Å². The van der Waals surface area contributed by atoms with Crippen LogP contribution in [-0.4, -0.2) is 30.9 Å². The van der Waals surface area contributed by atoms with Crippen LogP contribution in [0.5, 0.6) is 0 Å². The maximum atomic E-state index is 13.4. The fraction of sp³-hybridized carbons (Fsp3) is 0.500. The molecule has 0 bridgehead atoms. The Bertz CT molecular complexity index is 381. The van der Waals surface area contributed by atoms with Gasteiger partial charge in [-0.3, -0.25) is 0 Å². The van der Waals surface area contributed by atoms with Gasteiger partial charge >= 0.3 is 0 Å². The first-order valence-corrected chi connectivity index (χ1v) is 5.61. The standard InChI is InChI=1S/C12H15F2NO2/c13-8-1-2-10(11(14)5-8)12(16)6-9-7-17-4-3-15-9/h1-2,5,9,12,15-16H,3-4,6-7H2. The van der Waals surface area contributed by atoms with E-state index in [9.17, 15) is 13.9 Å². The first-order chi connectivity index (χ1) is 8.16. The molecule has 1 aliphatic rings. The van der Waals surface area contributed by atoms with Gasteiger partial charge in [0.1, 0.15) is 11.6 Å². The van der Waals surface area contributed by atoms with E-state index in [1.807, 2.05) is 0 Å². The van der Waals surface area contributed by atoms with Gasteiger partial charge in [0.25, 0.3) is 0 Å². The van der Waals surface area contributed by atoms with E-state index in [4.69, 9.17) is 4.74 Å². The Kier molecular flexibility index (Phi) is 4.04. The summed E-state index contributed by atoms with van der Waals surface area (Å²) in [7, 11) is 0. The number of nitrogens with one attached hydrogen (secondary N) is 1. The highest BCUT2D eigenvalue weighted by Gasteiger charge is 2.20. The van der Waals surface area contributed by atoms with E-state index in [-0.39, 0.29) is 11.6 Å². The molecular weight excluding hydrogens is 228 g/mol. The maximum absolute atomic E-state index is 13.4. The summed E-state index contributed by atoms with van der Waals surface area (Å²) in [6.07, 6.45) is -0.600. The molecule has 0 aliphatic carbocycles. The van der Waals surface area contributed by atoms with Gasteiger partial charge in [-0.25, -0.2) is 8.78 Å². The molecule has 0 saturated carbocycles. The Morgan fingerprint density at radius 2 is 2.29 bits per heavy atom. The van der Waals surface area contributed by atoms with Crippen LogP contribution in [0, 0.1) is 11.6 Å².